The lowest BCUT2D eigenvalue weighted by Crippen LogP contribution is -2.25. The van der Waals surface area contributed by atoms with Crippen molar-refractivity contribution in [1.29, 1.82) is 0 Å². The second-order valence-corrected chi connectivity index (χ2v) is 6.92. The van der Waals surface area contributed by atoms with Gasteiger partial charge in [-0.2, -0.15) is 0 Å². The van der Waals surface area contributed by atoms with Crippen LogP contribution in [0.3, 0.4) is 0 Å². The van der Waals surface area contributed by atoms with Gasteiger partial charge in [0.25, 0.3) is 0 Å². The van der Waals surface area contributed by atoms with E-state index in [1.165, 1.54) is 20.9 Å². The fourth-order valence-electron chi connectivity index (χ4n) is 1.16. The van der Waals surface area contributed by atoms with E-state index in [1.807, 2.05) is 6.92 Å². The fourth-order valence-corrected chi connectivity index (χ4v) is 1.66. The van der Waals surface area contributed by atoms with E-state index in [-0.39, 0.29) is 12.2 Å². The molecule has 0 N–H and O–H groups in total. The number of esters is 1. The van der Waals surface area contributed by atoms with Gasteiger partial charge >= 0.3 is 5.97 Å². The van der Waals surface area contributed by atoms with E-state index in [0.29, 0.717) is 6.42 Å². The third kappa shape index (κ3) is 17.9. The van der Waals surface area contributed by atoms with E-state index < -0.39 is 11.6 Å². The maximum atomic E-state index is 11.1. The summed E-state index contributed by atoms with van der Waals surface area (Å²) < 4.78 is 4.99. The predicted molar refractivity (Wildman–Crippen MR) is 79.8 cm³/mol. The van der Waals surface area contributed by atoms with Crippen LogP contribution in [0.25, 0.3) is 0 Å². The van der Waals surface area contributed by atoms with Crippen LogP contribution in [0.5, 0.6) is 0 Å². The van der Waals surface area contributed by atoms with Gasteiger partial charge in [0.2, 0.25) is 0 Å². The Bertz CT molecular complexity index is 230. The highest BCUT2D eigenvalue weighted by Crippen LogP contribution is 2.09. The molecule has 0 rings (SSSR count). The molecule has 0 aromatic rings. The maximum Gasteiger partial charge on any atom is 0.313 e. The molecule has 0 saturated heterocycles. The molecular formula is C14H29O3P. The molecular weight excluding hydrogens is 247 g/mol. The molecule has 0 spiro atoms. The van der Waals surface area contributed by atoms with E-state index in [1.54, 1.807) is 20.8 Å². The summed E-state index contributed by atoms with van der Waals surface area (Å²) >= 11 is 0. The predicted octanol–water partition coefficient (Wildman–Crippen LogP) is 3.79. The zero-order valence-corrected chi connectivity index (χ0v) is 13.8. The number of rotatable bonds is 6. The molecule has 0 aliphatic carbocycles. The first kappa shape index (κ1) is 19.9. The van der Waals surface area contributed by atoms with Crippen LogP contribution in [0.2, 0.25) is 0 Å². The largest absolute Gasteiger partial charge is 0.460 e. The highest BCUT2D eigenvalue weighted by Gasteiger charge is 2.18. The van der Waals surface area contributed by atoms with Crippen molar-refractivity contribution < 1.29 is 14.3 Å². The van der Waals surface area contributed by atoms with Gasteiger partial charge in [-0.1, -0.05) is 20.8 Å². The first-order chi connectivity index (χ1) is 8.26. The monoisotopic (exact) mass is 276 g/mol. The average Bonchev–Trinajstić information content (AvgIpc) is 2.16. The highest BCUT2D eigenvalue weighted by atomic mass is 31.1. The van der Waals surface area contributed by atoms with E-state index in [4.69, 9.17) is 4.74 Å². The zero-order valence-electron chi connectivity index (χ0n) is 12.8. The minimum absolute atomic E-state index is 0.0447. The Morgan fingerprint density at radius 2 is 1.56 bits per heavy atom. The van der Waals surface area contributed by atoms with Crippen LogP contribution >= 0.6 is 8.58 Å². The number of carbonyl (C=O) groups is 2. The molecule has 0 aromatic carbocycles. The topological polar surface area (TPSA) is 43.4 Å². The molecule has 0 aliphatic rings. The average molecular weight is 276 g/mol. The number of hydrogen-bond donors (Lipinski definition) is 0. The van der Waals surface area contributed by atoms with Crippen LogP contribution in [-0.4, -0.2) is 29.7 Å². The molecule has 0 fully saturated rings. The molecule has 0 bridgehead atoms. The van der Waals surface area contributed by atoms with E-state index in [0.717, 1.165) is 6.42 Å². The minimum atomic E-state index is -0.496. The number of ether oxygens (including phenoxy) is 1. The number of ketones is 1. The molecule has 0 heterocycles. The molecule has 0 aliphatic heterocycles. The van der Waals surface area contributed by atoms with Crippen molar-refractivity contribution in [2.24, 2.45) is 0 Å². The van der Waals surface area contributed by atoms with Gasteiger partial charge < -0.3 is 4.74 Å². The molecule has 0 amide bonds. The molecule has 0 unspecified atom stereocenters. The molecule has 0 aromatic heterocycles. The van der Waals surface area contributed by atoms with Gasteiger partial charge in [0.05, 0.1) is 0 Å². The fraction of sp³-hybridized carbons (Fsp3) is 0.857. The SMILES string of the molecule is CCCC(=O)CC(=O)OC(C)(C)C.CCPCC. The van der Waals surface area contributed by atoms with Gasteiger partial charge in [0.1, 0.15) is 17.8 Å². The normalized spacial score (nSPS) is 10.3. The van der Waals surface area contributed by atoms with Crippen LogP contribution in [-0.2, 0) is 14.3 Å². The Morgan fingerprint density at radius 1 is 1.06 bits per heavy atom. The van der Waals surface area contributed by atoms with E-state index >= 15 is 0 Å². The summed E-state index contributed by atoms with van der Waals surface area (Å²) in [5, 5.41) is 0. The number of hydrogen-bond acceptors (Lipinski definition) is 3. The zero-order chi connectivity index (χ0) is 14.6. The Balaban J connectivity index is 0. The van der Waals surface area contributed by atoms with Crippen molar-refractivity contribution >= 4 is 20.3 Å². The Kier molecular flexibility index (Phi) is 12.9. The van der Waals surface area contributed by atoms with E-state index in [9.17, 15) is 9.59 Å². The summed E-state index contributed by atoms with van der Waals surface area (Å²) in [5.41, 5.74) is -0.496. The lowest BCUT2D eigenvalue weighted by Gasteiger charge is -2.19. The van der Waals surface area contributed by atoms with Crippen molar-refractivity contribution in [1.82, 2.24) is 0 Å². The molecule has 0 atom stereocenters. The van der Waals surface area contributed by atoms with E-state index in [2.05, 4.69) is 13.8 Å². The summed E-state index contributed by atoms with van der Waals surface area (Å²) in [7, 11) is 1.20. The molecule has 3 nitrogen and oxygen atoms in total. The van der Waals surface area contributed by atoms with Crippen molar-refractivity contribution in [3.05, 3.63) is 0 Å². The highest BCUT2D eigenvalue weighted by molar-refractivity contribution is 7.37. The van der Waals surface area contributed by atoms with Gasteiger partial charge in [-0.25, -0.2) is 0 Å². The van der Waals surface area contributed by atoms with Gasteiger partial charge in [0.15, 0.2) is 0 Å². The van der Waals surface area contributed by atoms with Crippen LogP contribution in [0.15, 0.2) is 0 Å². The van der Waals surface area contributed by atoms with Gasteiger partial charge in [-0.05, 0) is 39.5 Å². The van der Waals surface area contributed by atoms with Crippen LogP contribution in [0.1, 0.15) is 60.8 Å². The van der Waals surface area contributed by atoms with Crippen molar-refractivity contribution in [3.8, 4) is 0 Å². The van der Waals surface area contributed by atoms with Crippen molar-refractivity contribution in [2.45, 2.75) is 66.4 Å². The van der Waals surface area contributed by atoms with Gasteiger partial charge in [0, 0.05) is 6.42 Å². The smallest absolute Gasteiger partial charge is 0.313 e. The number of carbonyl (C=O) groups excluding carboxylic acids is 2. The Labute approximate surface area is 114 Å². The second-order valence-electron chi connectivity index (χ2n) is 5.01. The van der Waals surface area contributed by atoms with Crippen molar-refractivity contribution in [2.75, 3.05) is 12.3 Å². The van der Waals surface area contributed by atoms with Crippen molar-refractivity contribution in [3.63, 3.8) is 0 Å². The van der Waals surface area contributed by atoms with Gasteiger partial charge in [-0.15, -0.1) is 8.58 Å². The molecule has 18 heavy (non-hydrogen) atoms. The lowest BCUT2D eigenvalue weighted by atomic mass is 10.1. The standard InChI is InChI=1S/C10H18O3.C4H11P/c1-5-6-8(11)7-9(12)13-10(2,3)4;1-3-5-4-2/h5-7H2,1-4H3;5H,3-4H2,1-2H3. The summed E-state index contributed by atoms with van der Waals surface area (Å²) in [4.78, 5) is 22.1. The third-order valence-corrected chi connectivity index (χ3v) is 2.79. The van der Waals surface area contributed by atoms with Crippen LogP contribution in [0, 0.1) is 0 Å². The van der Waals surface area contributed by atoms with Crippen LogP contribution in [0.4, 0.5) is 0 Å². The minimum Gasteiger partial charge on any atom is -0.460 e. The Morgan fingerprint density at radius 3 is 1.83 bits per heavy atom. The molecule has 0 saturated carbocycles. The maximum absolute atomic E-state index is 11.1. The summed E-state index contributed by atoms with van der Waals surface area (Å²) in [6.07, 6.45) is 3.89. The summed E-state index contributed by atoms with van der Waals surface area (Å²) in [6, 6.07) is 0. The quantitative estimate of drug-likeness (QED) is 0.421. The van der Waals surface area contributed by atoms with Gasteiger partial charge in [-0.3, -0.25) is 9.59 Å². The molecule has 4 heteroatoms. The lowest BCUT2D eigenvalue weighted by molar-refractivity contribution is -0.156. The molecule has 108 valence electrons. The molecule has 0 radical (unpaired) electrons. The van der Waals surface area contributed by atoms with Crippen LogP contribution < -0.4 is 0 Å². The first-order valence-electron chi connectivity index (χ1n) is 6.71. The summed E-state index contributed by atoms with van der Waals surface area (Å²) in [5.74, 6) is -0.470. The number of Topliss-reactive ketones (excluding diaryl/α,β-unsaturated/α-hetero) is 1. The Hall–Kier alpha value is -0.430. The summed E-state index contributed by atoms with van der Waals surface area (Å²) in [6.45, 7) is 11.7. The third-order valence-electron chi connectivity index (χ3n) is 1.79. The second kappa shape index (κ2) is 11.6. The first-order valence-corrected chi connectivity index (χ1v) is 8.12.